The number of pyridine rings is 1. The van der Waals surface area contributed by atoms with Crippen molar-refractivity contribution in [3.8, 4) is 5.88 Å². The minimum atomic E-state index is 0. The first kappa shape index (κ1) is 20.3. The van der Waals surface area contributed by atoms with Gasteiger partial charge in [-0.1, -0.05) is 13.0 Å². The van der Waals surface area contributed by atoms with Crippen molar-refractivity contribution in [2.45, 2.75) is 33.4 Å². The standard InChI is InChI=1S/C17H24N4O2.HI/c1-3-10-23-16-14(7-5-9-19-16)12-20-17(18-4-2)21-13-15-8-6-11-22-15;/h5-9,11H,3-4,10,12-13H2,1-2H3,(H2,18,20,21);1H. The number of halogens is 1. The summed E-state index contributed by atoms with van der Waals surface area (Å²) >= 11 is 0. The molecule has 0 aromatic carbocycles. The first-order valence-electron chi connectivity index (χ1n) is 7.94. The van der Waals surface area contributed by atoms with Gasteiger partial charge >= 0.3 is 0 Å². The van der Waals surface area contributed by atoms with Crippen LogP contribution in [0.1, 0.15) is 31.6 Å². The van der Waals surface area contributed by atoms with E-state index in [0.717, 1.165) is 30.2 Å². The smallest absolute Gasteiger partial charge is 0.218 e. The molecule has 0 atom stereocenters. The average molecular weight is 444 g/mol. The van der Waals surface area contributed by atoms with Gasteiger partial charge in [-0.3, -0.25) is 0 Å². The summed E-state index contributed by atoms with van der Waals surface area (Å²) in [5.41, 5.74) is 0.969. The van der Waals surface area contributed by atoms with E-state index in [4.69, 9.17) is 9.15 Å². The van der Waals surface area contributed by atoms with Crippen LogP contribution in [0.5, 0.6) is 5.88 Å². The third kappa shape index (κ3) is 6.77. The highest BCUT2D eigenvalue weighted by Crippen LogP contribution is 2.15. The van der Waals surface area contributed by atoms with Gasteiger partial charge in [0.05, 0.1) is 26.0 Å². The molecule has 0 saturated carbocycles. The molecule has 24 heavy (non-hydrogen) atoms. The Balaban J connectivity index is 0.00000288. The molecule has 0 aliphatic carbocycles. The Hall–Kier alpha value is -1.77. The third-order valence-corrected chi connectivity index (χ3v) is 3.05. The van der Waals surface area contributed by atoms with E-state index in [1.807, 2.05) is 31.2 Å². The van der Waals surface area contributed by atoms with E-state index in [-0.39, 0.29) is 24.0 Å². The van der Waals surface area contributed by atoms with Crippen LogP contribution in [-0.2, 0) is 13.1 Å². The van der Waals surface area contributed by atoms with Crippen LogP contribution in [0.4, 0.5) is 0 Å². The Labute approximate surface area is 160 Å². The summed E-state index contributed by atoms with van der Waals surface area (Å²) in [4.78, 5) is 8.86. The summed E-state index contributed by atoms with van der Waals surface area (Å²) in [6, 6.07) is 7.67. The zero-order chi connectivity index (χ0) is 16.3. The molecule has 0 spiro atoms. The maximum atomic E-state index is 5.66. The van der Waals surface area contributed by atoms with Crippen molar-refractivity contribution in [2.75, 3.05) is 13.2 Å². The van der Waals surface area contributed by atoms with Crippen LogP contribution in [0, 0.1) is 0 Å². The number of aromatic nitrogens is 1. The Morgan fingerprint density at radius 1 is 1.25 bits per heavy atom. The zero-order valence-corrected chi connectivity index (χ0v) is 16.4. The lowest BCUT2D eigenvalue weighted by Crippen LogP contribution is -2.36. The molecule has 0 amide bonds. The van der Waals surface area contributed by atoms with Gasteiger partial charge < -0.3 is 19.8 Å². The number of guanidine groups is 1. The molecule has 0 aliphatic rings. The van der Waals surface area contributed by atoms with Crippen molar-refractivity contribution in [1.82, 2.24) is 15.6 Å². The second kappa shape index (κ2) is 11.7. The maximum absolute atomic E-state index is 5.66. The van der Waals surface area contributed by atoms with Gasteiger partial charge in [0.1, 0.15) is 5.76 Å². The van der Waals surface area contributed by atoms with Gasteiger partial charge in [-0.2, -0.15) is 0 Å². The number of nitrogens with zero attached hydrogens (tertiary/aromatic N) is 2. The van der Waals surface area contributed by atoms with Crippen molar-refractivity contribution >= 4 is 29.9 Å². The molecular weight excluding hydrogens is 419 g/mol. The second-order valence-electron chi connectivity index (χ2n) is 4.94. The van der Waals surface area contributed by atoms with Gasteiger partial charge in [0.2, 0.25) is 5.88 Å². The molecule has 2 rings (SSSR count). The van der Waals surface area contributed by atoms with Gasteiger partial charge in [0.15, 0.2) is 5.96 Å². The lowest BCUT2D eigenvalue weighted by Gasteiger charge is -2.11. The Kier molecular flexibility index (Phi) is 9.90. The van der Waals surface area contributed by atoms with Crippen LogP contribution in [-0.4, -0.2) is 24.1 Å². The largest absolute Gasteiger partial charge is 0.477 e. The van der Waals surface area contributed by atoms with Crippen molar-refractivity contribution in [3.05, 3.63) is 48.0 Å². The summed E-state index contributed by atoms with van der Waals surface area (Å²) in [6.07, 6.45) is 4.35. The first-order valence-corrected chi connectivity index (χ1v) is 7.94. The molecule has 0 unspecified atom stereocenters. The summed E-state index contributed by atoms with van der Waals surface area (Å²) in [5, 5.41) is 6.45. The predicted molar refractivity (Wildman–Crippen MR) is 106 cm³/mol. The summed E-state index contributed by atoms with van der Waals surface area (Å²) in [5.74, 6) is 2.25. The van der Waals surface area contributed by atoms with E-state index in [1.54, 1.807) is 12.5 Å². The molecule has 2 heterocycles. The first-order chi connectivity index (χ1) is 11.3. The maximum Gasteiger partial charge on any atom is 0.218 e. The fraction of sp³-hybridized carbons (Fsp3) is 0.412. The third-order valence-electron chi connectivity index (χ3n) is 3.05. The Morgan fingerprint density at radius 3 is 2.83 bits per heavy atom. The van der Waals surface area contributed by atoms with Crippen molar-refractivity contribution in [1.29, 1.82) is 0 Å². The fourth-order valence-electron chi connectivity index (χ4n) is 1.96. The number of furan rings is 1. The van der Waals surface area contributed by atoms with Crippen LogP contribution in [0.25, 0.3) is 0 Å². The number of ether oxygens (including phenoxy) is 1. The summed E-state index contributed by atoms with van der Waals surface area (Å²) < 4.78 is 11.0. The molecule has 0 fully saturated rings. The van der Waals surface area contributed by atoms with E-state index >= 15 is 0 Å². The van der Waals surface area contributed by atoms with E-state index in [9.17, 15) is 0 Å². The minimum Gasteiger partial charge on any atom is -0.477 e. The van der Waals surface area contributed by atoms with Crippen molar-refractivity contribution in [3.63, 3.8) is 0 Å². The zero-order valence-electron chi connectivity index (χ0n) is 14.1. The number of hydrogen-bond donors (Lipinski definition) is 2. The quantitative estimate of drug-likeness (QED) is 0.371. The predicted octanol–water partition coefficient (Wildman–Crippen LogP) is 3.34. The lowest BCUT2D eigenvalue weighted by atomic mass is 10.3. The molecule has 0 bridgehead atoms. The van der Waals surface area contributed by atoms with Crippen LogP contribution >= 0.6 is 24.0 Å². The van der Waals surface area contributed by atoms with Crippen LogP contribution < -0.4 is 15.4 Å². The van der Waals surface area contributed by atoms with Crippen LogP contribution in [0.15, 0.2) is 46.1 Å². The molecule has 2 N–H and O–H groups in total. The fourth-order valence-corrected chi connectivity index (χ4v) is 1.96. The SMILES string of the molecule is CCCOc1ncccc1CN=C(NCC)NCc1ccco1.I. The van der Waals surface area contributed by atoms with Gasteiger partial charge in [0, 0.05) is 18.3 Å². The van der Waals surface area contributed by atoms with Gasteiger partial charge in [-0.05, 0) is 31.5 Å². The van der Waals surface area contributed by atoms with E-state index in [0.29, 0.717) is 25.6 Å². The summed E-state index contributed by atoms with van der Waals surface area (Å²) in [7, 11) is 0. The molecular formula is C17H25IN4O2. The van der Waals surface area contributed by atoms with Gasteiger partial charge in [-0.15, -0.1) is 24.0 Å². The van der Waals surface area contributed by atoms with E-state index in [2.05, 4.69) is 27.5 Å². The molecule has 0 saturated heterocycles. The molecule has 7 heteroatoms. The number of rotatable bonds is 8. The number of nitrogens with one attached hydrogen (secondary N) is 2. The highest BCUT2D eigenvalue weighted by molar-refractivity contribution is 14.0. The molecule has 0 aliphatic heterocycles. The lowest BCUT2D eigenvalue weighted by molar-refractivity contribution is 0.302. The average Bonchev–Trinajstić information content (AvgIpc) is 3.09. The van der Waals surface area contributed by atoms with E-state index < -0.39 is 0 Å². The number of aliphatic imine (C=N–C) groups is 1. The normalized spacial score (nSPS) is 10.8. The Morgan fingerprint density at radius 2 is 2.12 bits per heavy atom. The Bertz CT molecular complexity index is 602. The summed E-state index contributed by atoms with van der Waals surface area (Å²) in [6.45, 7) is 6.64. The topological polar surface area (TPSA) is 71.7 Å². The van der Waals surface area contributed by atoms with Crippen molar-refractivity contribution < 1.29 is 9.15 Å². The molecule has 2 aromatic heterocycles. The monoisotopic (exact) mass is 444 g/mol. The van der Waals surface area contributed by atoms with Crippen LogP contribution in [0.3, 0.4) is 0 Å². The highest BCUT2D eigenvalue weighted by Gasteiger charge is 2.05. The van der Waals surface area contributed by atoms with Gasteiger partial charge in [-0.25, -0.2) is 9.98 Å². The molecule has 6 nitrogen and oxygen atoms in total. The van der Waals surface area contributed by atoms with Crippen molar-refractivity contribution in [2.24, 2.45) is 4.99 Å². The minimum absolute atomic E-state index is 0. The molecule has 0 radical (unpaired) electrons. The number of hydrogen-bond acceptors (Lipinski definition) is 4. The van der Waals surface area contributed by atoms with Gasteiger partial charge in [0.25, 0.3) is 0 Å². The molecule has 132 valence electrons. The molecule has 2 aromatic rings. The highest BCUT2D eigenvalue weighted by atomic mass is 127. The van der Waals surface area contributed by atoms with E-state index in [1.165, 1.54) is 0 Å². The van der Waals surface area contributed by atoms with Crippen LogP contribution in [0.2, 0.25) is 0 Å². The second-order valence-corrected chi connectivity index (χ2v) is 4.94.